The summed E-state index contributed by atoms with van der Waals surface area (Å²) in [6, 6.07) is 15.2. The molecule has 3 heterocycles. The van der Waals surface area contributed by atoms with Gasteiger partial charge in [0.15, 0.2) is 5.69 Å². The fraction of sp³-hybridized carbons (Fsp3) is 0.238. The Balaban J connectivity index is 1.37. The summed E-state index contributed by atoms with van der Waals surface area (Å²) in [6.07, 6.45) is -0.121. The van der Waals surface area contributed by atoms with Crippen LogP contribution in [0.5, 0.6) is 5.75 Å². The van der Waals surface area contributed by atoms with Gasteiger partial charge in [0.25, 0.3) is 5.89 Å². The highest BCUT2D eigenvalue weighted by Crippen LogP contribution is 2.32. The average Bonchev–Trinajstić information content (AvgIpc) is 3.41. The number of fused-ring (bicyclic) bond motifs is 1. The molecule has 2 aromatic carbocycles. The van der Waals surface area contributed by atoms with Crippen molar-refractivity contribution in [1.29, 1.82) is 0 Å². The van der Waals surface area contributed by atoms with E-state index in [-0.39, 0.29) is 12.0 Å². The van der Waals surface area contributed by atoms with Crippen LogP contribution in [0, 0.1) is 0 Å². The molecule has 2 aromatic heterocycles. The van der Waals surface area contributed by atoms with E-state index in [4.69, 9.17) is 25.6 Å². The van der Waals surface area contributed by atoms with Gasteiger partial charge < -0.3 is 14.0 Å². The molecule has 0 radical (unpaired) electrons. The Morgan fingerprint density at radius 2 is 2.00 bits per heavy atom. The third-order valence-corrected chi connectivity index (χ3v) is 5.23. The standard InChI is InChI=1S/C21H18ClN5O3/c1-2-28-14-9-7-13(8-10-14)18-11-27-17(12-29-18)19(24-26-27)21-23-20(25-30-21)15-5-3-4-6-16(15)22/h3-10,18H,2,11-12H2,1H3/t18-/m1/s1. The first-order chi connectivity index (χ1) is 14.7. The number of rotatable bonds is 5. The predicted octanol–water partition coefficient (Wildman–Crippen LogP) is 4.32. The smallest absolute Gasteiger partial charge is 0.280 e. The molecule has 0 spiro atoms. The molecule has 0 fully saturated rings. The Labute approximate surface area is 177 Å². The second-order valence-electron chi connectivity index (χ2n) is 6.77. The summed E-state index contributed by atoms with van der Waals surface area (Å²) in [6.45, 7) is 3.48. The predicted molar refractivity (Wildman–Crippen MR) is 109 cm³/mol. The highest BCUT2D eigenvalue weighted by Gasteiger charge is 2.28. The molecule has 0 amide bonds. The molecule has 9 heteroatoms. The van der Waals surface area contributed by atoms with Crippen LogP contribution in [0.2, 0.25) is 5.02 Å². The van der Waals surface area contributed by atoms with Gasteiger partial charge in [-0.2, -0.15) is 4.98 Å². The van der Waals surface area contributed by atoms with E-state index < -0.39 is 0 Å². The van der Waals surface area contributed by atoms with Crippen LogP contribution >= 0.6 is 11.6 Å². The molecule has 4 aromatic rings. The van der Waals surface area contributed by atoms with Crippen LogP contribution in [0.25, 0.3) is 23.0 Å². The molecule has 1 atom stereocenters. The van der Waals surface area contributed by atoms with Crippen LogP contribution < -0.4 is 4.74 Å². The number of ether oxygens (including phenoxy) is 2. The van der Waals surface area contributed by atoms with Crippen molar-refractivity contribution in [1.82, 2.24) is 25.1 Å². The lowest BCUT2D eigenvalue weighted by molar-refractivity contribution is -0.00119. The Kier molecular flexibility index (Phi) is 4.94. The van der Waals surface area contributed by atoms with E-state index in [1.54, 1.807) is 6.07 Å². The van der Waals surface area contributed by atoms with Crippen LogP contribution in [-0.2, 0) is 17.9 Å². The zero-order valence-corrected chi connectivity index (χ0v) is 16.9. The number of hydrogen-bond acceptors (Lipinski definition) is 7. The highest BCUT2D eigenvalue weighted by molar-refractivity contribution is 6.33. The topological polar surface area (TPSA) is 88.1 Å². The van der Waals surface area contributed by atoms with E-state index in [2.05, 4.69) is 20.5 Å². The van der Waals surface area contributed by atoms with E-state index in [1.165, 1.54) is 0 Å². The summed E-state index contributed by atoms with van der Waals surface area (Å²) >= 11 is 6.23. The minimum Gasteiger partial charge on any atom is -0.494 e. The van der Waals surface area contributed by atoms with Crippen LogP contribution in [0.15, 0.2) is 53.1 Å². The third-order valence-electron chi connectivity index (χ3n) is 4.90. The minimum atomic E-state index is -0.121. The Morgan fingerprint density at radius 1 is 1.17 bits per heavy atom. The van der Waals surface area contributed by atoms with Crippen molar-refractivity contribution < 1.29 is 14.0 Å². The van der Waals surface area contributed by atoms with Gasteiger partial charge >= 0.3 is 0 Å². The molecular formula is C21H18ClN5O3. The lowest BCUT2D eigenvalue weighted by Gasteiger charge is -2.24. The van der Waals surface area contributed by atoms with Gasteiger partial charge in [0.05, 0.1) is 30.5 Å². The van der Waals surface area contributed by atoms with Crippen molar-refractivity contribution >= 4 is 11.6 Å². The second-order valence-corrected chi connectivity index (χ2v) is 7.18. The number of hydrogen-bond donors (Lipinski definition) is 0. The minimum absolute atomic E-state index is 0.121. The maximum Gasteiger partial charge on any atom is 0.280 e. The SMILES string of the molecule is CCOc1ccc([C@H]2Cn3nnc(-c4nc(-c5ccccc5Cl)no4)c3CO2)cc1. The van der Waals surface area contributed by atoms with Crippen molar-refractivity contribution in [3.05, 3.63) is 64.8 Å². The zero-order chi connectivity index (χ0) is 20.5. The molecule has 0 bridgehead atoms. The maximum atomic E-state index is 6.23. The van der Waals surface area contributed by atoms with Gasteiger partial charge in [-0.1, -0.05) is 46.2 Å². The van der Waals surface area contributed by atoms with Gasteiger partial charge in [-0.25, -0.2) is 4.68 Å². The van der Waals surface area contributed by atoms with Gasteiger partial charge in [-0.05, 0) is 36.8 Å². The van der Waals surface area contributed by atoms with Crippen molar-refractivity contribution in [3.63, 3.8) is 0 Å². The molecule has 152 valence electrons. The first kappa shape index (κ1) is 18.8. The fourth-order valence-corrected chi connectivity index (χ4v) is 3.62. The third kappa shape index (κ3) is 3.44. The molecule has 0 aliphatic carbocycles. The van der Waals surface area contributed by atoms with Gasteiger partial charge in [0.1, 0.15) is 11.9 Å². The molecule has 0 saturated carbocycles. The summed E-state index contributed by atoms with van der Waals surface area (Å²) in [5.41, 5.74) is 3.07. The molecular weight excluding hydrogens is 406 g/mol. The molecule has 8 nitrogen and oxygen atoms in total. The van der Waals surface area contributed by atoms with Gasteiger partial charge in [0.2, 0.25) is 5.82 Å². The first-order valence-electron chi connectivity index (χ1n) is 9.58. The van der Waals surface area contributed by atoms with Crippen molar-refractivity contribution in [2.75, 3.05) is 6.61 Å². The normalized spacial score (nSPS) is 15.7. The Morgan fingerprint density at radius 3 is 2.80 bits per heavy atom. The van der Waals surface area contributed by atoms with E-state index in [1.807, 2.05) is 54.1 Å². The number of benzene rings is 2. The largest absolute Gasteiger partial charge is 0.494 e. The fourth-order valence-electron chi connectivity index (χ4n) is 3.40. The summed E-state index contributed by atoms with van der Waals surface area (Å²) in [5.74, 6) is 1.53. The quantitative estimate of drug-likeness (QED) is 0.472. The molecule has 0 N–H and O–H groups in total. The number of halogens is 1. The summed E-state index contributed by atoms with van der Waals surface area (Å²) in [7, 11) is 0. The number of nitrogens with zero attached hydrogens (tertiary/aromatic N) is 5. The van der Waals surface area contributed by atoms with E-state index in [0.717, 1.165) is 17.0 Å². The molecule has 1 aliphatic rings. The summed E-state index contributed by atoms with van der Waals surface area (Å²) < 4.78 is 18.8. The zero-order valence-electron chi connectivity index (χ0n) is 16.2. The second kappa shape index (κ2) is 7.89. The molecule has 0 saturated heterocycles. The molecule has 5 rings (SSSR count). The van der Waals surface area contributed by atoms with Gasteiger partial charge in [-0.3, -0.25) is 0 Å². The monoisotopic (exact) mass is 423 g/mol. The average molecular weight is 424 g/mol. The Bertz CT molecular complexity index is 1170. The summed E-state index contributed by atoms with van der Waals surface area (Å²) in [4.78, 5) is 4.45. The van der Waals surface area contributed by atoms with Crippen LogP contribution in [0.3, 0.4) is 0 Å². The van der Waals surface area contributed by atoms with Crippen molar-refractivity contribution in [2.24, 2.45) is 0 Å². The van der Waals surface area contributed by atoms with Crippen molar-refractivity contribution in [3.8, 4) is 28.7 Å². The van der Waals surface area contributed by atoms with E-state index >= 15 is 0 Å². The molecule has 30 heavy (non-hydrogen) atoms. The van der Waals surface area contributed by atoms with Crippen LogP contribution in [0.4, 0.5) is 0 Å². The molecule has 1 aliphatic heterocycles. The maximum absolute atomic E-state index is 6.23. The van der Waals surface area contributed by atoms with Crippen molar-refractivity contribution in [2.45, 2.75) is 26.2 Å². The lowest BCUT2D eigenvalue weighted by atomic mass is 10.1. The lowest BCUT2D eigenvalue weighted by Crippen LogP contribution is -2.22. The van der Waals surface area contributed by atoms with Crippen LogP contribution in [0.1, 0.15) is 24.3 Å². The van der Waals surface area contributed by atoms with Crippen LogP contribution in [-0.4, -0.2) is 31.7 Å². The Hall–Kier alpha value is -3.23. The van der Waals surface area contributed by atoms with E-state index in [0.29, 0.717) is 41.9 Å². The van der Waals surface area contributed by atoms with E-state index in [9.17, 15) is 0 Å². The van der Waals surface area contributed by atoms with Gasteiger partial charge in [-0.15, -0.1) is 5.10 Å². The molecule has 0 unspecified atom stereocenters. The highest BCUT2D eigenvalue weighted by atomic mass is 35.5. The number of aromatic nitrogens is 5. The first-order valence-corrected chi connectivity index (χ1v) is 9.96. The summed E-state index contributed by atoms with van der Waals surface area (Å²) in [5, 5.41) is 13.1. The van der Waals surface area contributed by atoms with Gasteiger partial charge in [0, 0.05) is 5.56 Å².